The number of fused-ring (bicyclic) bond motifs is 1. The van der Waals surface area contributed by atoms with E-state index in [9.17, 15) is 14.4 Å². The van der Waals surface area contributed by atoms with Crippen LogP contribution in [-0.2, 0) is 4.79 Å². The summed E-state index contributed by atoms with van der Waals surface area (Å²) in [7, 11) is 1.21. The van der Waals surface area contributed by atoms with E-state index >= 15 is 0 Å². The minimum Gasteiger partial charge on any atom is -0.423 e. The van der Waals surface area contributed by atoms with E-state index in [0.29, 0.717) is 30.5 Å². The minimum atomic E-state index is -0.432. The van der Waals surface area contributed by atoms with Crippen LogP contribution in [0.15, 0.2) is 39.5 Å². The summed E-state index contributed by atoms with van der Waals surface area (Å²) in [4.78, 5) is 36.6. The van der Waals surface area contributed by atoms with Gasteiger partial charge >= 0.3 is 19.1 Å². The fourth-order valence-corrected chi connectivity index (χ4v) is 2.22. The first-order valence-corrected chi connectivity index (χ1v) is 6.10. The maximum absolute atomic E-state index is 12.1. The molecule has 3 rings (SSSR count). The molecule has 0 bridgehead atoms. The van der Waals surface area contributed by atoms with Crippen LogP contribution in [0.2, 0.25) is 0 Å². The average Bonchev–Trinajstić information content (AvgIpc) is 2.80. The molecule has 1 saturated heterocycles. The zero-order chi connectivity index (χ0) is 14.1. The van der Waals surface area contributed by atoms with Crippen LogP contribution in [0.25, 0.3) is 11.0 Å². The average molecular weight is 269 g/mol. The second-order valence-corrected chi connectivity index (χ2v) is 4.39. The highest BCUT2D eigenvalue weighted by atomic mass is 16.4. The number of urea groups is 1. The molecule has 1 aliphatic rings. The van der Waals surface area contributed by atoms with Crippen LogP contribution >= 0.6 is 0 Å². The Labute approximate surface area is 114 Å². The number of carbonyl (C=O) groups excluding carboxylic acids is 2. The van der Waals surface area contributed by atoms with Gasteiger partial charge in [0.15, 0.2) is 0 Å². The van der Waals surface area contributed by atoms with Gasteiger partial charge in [-0.25, -0.2) is 9.59 Å². The number of rotatable bonds is 3. The van der Waals surface area contributed by atoms with Crippen LogP contribution in [0.1, 0.15) is 0 Å². The maximum atomic E-state index is 12.1. The number of hydrogen-bond donors (Lipinski definition) is 0. The van der Waals surface area contributed by atoms with Gasteiger partial charge in [0.05, 0.1) is 0 Å². The van der Waals surface area contributed by atoms with Crippen molar-refractivity contribution in [1.29, 1.82) is 0 Å². The molecule has 1 radical (unpaired) electrons. The Balaban J connectivity index is 1.96. The second-order valence-electron chi connectivity index (χ2n) is 4.39. The van der Waals surface area contributed by atoms with Gasteiger partial charge < -0.3 is 14.0 Å². The van der Waals surface area contributed by atoms with Crippen molar-refractivity contribution >= 4 is 36.3 Å². The Morgan fingerprint density at radius 2 is 1.95 bits per heavy atom. The number of benzene rings is 1. The number of hydrogen-bond acceptors (Lipinski definition) is 4. The molecule has 20 heavy (non-hydrogen) atoms. The van der Waals surface area contributed by atoms with Gasteiger partial charge in [-0.2, -0.15) is 0 Å². The lowest BCUT2D eigenvalue weighted by atomic mass is 9.96. The van der Waals surface area contributed by atoms with Gasteiger partial charge in [0.1, 0.15) is 11.8 Å². The van der Waals surface area contributed by atoms with E-state index in [1.165, 1.54) is 23.2 Å². The van der Waals surface area contributed by atoms with E-state index in [1.54, 1.807) is 24.3 Å². The molecule has 99 valence electrons. The SMILES string of the molecule is O=C[B]N1CCN(c2ccc3ccc(=O)oc3c2)C1=O. The van der Waals surface area contributed by atoms with Crippen LogP contribution < -0.4 is 10.5 Å². The summed E-state index contributed by atoms with van der Waals surface area (Å²) >= 11 is 0. The predicted octanol–water partition coefficient (Wildman–Crippen LogP) is 0.844. The van der Waals surface area contributed by atoms with Crippen molar-refractivity contribution in [3.8, 4) is 0 Å². The summed E-state index contributed by atoms with van der Waals surface area (Å²) in [5.41, 5.74) is 0.637. The molecule has 2 amide bonds. The van der Waals surface area contributed by atoms with Crippen molar-refractivity contribution in [2.45, 2.75) is 0 Å². The fraction of sp³-hybridized carbons (Fsp3) is 0.154. The highest BCUT2D eigenvalue weighted by Gasteiger charge is 2.29. The third-order valence-electron chi connectivity index (χ3n) is 3.20. The summed E-state index contributed by atoms with van der Waals surface area (Å²) in [6.07, 6.45) is 0.584. The largest absolute Gasteiger partial charge is 0.423 e. The highest BCUT2D eigenvalue weighted by molar-refractivity contribution is 6.66. The molecule has 1 aromatic carbocycles. The van der Waals surface area contributed by atoms with E-state index in [2.05, 4.69) is 0 Å². The third-order valence-corrected chi connectivity index (χ3v) is 3.20. The molecule has 0 unspecified atom stereocenters. The maximum Gasteiger partial charge on any atom is 0.336 e. The zero-order valence-corrected chi connectivity index (χ0v) is 10.5. The van der Waals surface area contributed by atoms with E-state index in [4.69, 9.17) is 4.42 Å². The van der Waals surface area contributed by atoms with E-state index < -0.39 is 5.63 Å². The van der Waals surface area contributed by atoms with Gasteiger partial charge in [-0.3, -0.25) is 4.90 Å². The molecule has 0 atom stereocenters. The molecule has 1 fully saturated rings. The second kappa shape index (κ2) is 4.84. The van der Waals surface area contributed by atoms with Gasteiger partial charge in [0, 0.05) is 36.3 Å². The lowest BCUT2D eigenvalue weighted by Gasteiger charge is -2.17. The standard InChI is InChI=1S/C13H10BN2O4/c17-8-14-16-6-5-15(13(16)19)10-3-1-9-2-4-12(18)20-11(9)7-10/h1-4,7-8H,5-6H2. The van der Waals surface area contributed by atoms with E-state index in [-0.39, 0.29) is 6.03 Å². The normalized spacial score (nSPS) is 14.9. The van der Waals surface area contributed by atoms with Crippen LogP contribution in [0.5, 0.6) is 0 Å². The summed E-state index contributed by atoms with van der Waals surface area (Å²) in [5.74, 6) is 0. The Morgan fingerprint density at radius 1 is 1.15 bits per heavy atom. The van der Waals surface area contributed by atoms with Gasteiger partial charge in [-0.05, 0) is 18.2 Å². The number of anilines is 1. The molecule has 7 heteroatoms. The van der Waals surface area contributed by atoms with E-state index in [1.807, 2.05) is 0 Å². The predicted molar refractivity (Wildman–Crippen MR) is 74.4 cm³/mol. The summed E-state index contributed by atoms with van der Waals surface area (Å²) in [5, 5.41) is 0.788. The van der Waals surface area contributed by atoms with Gasteiger partial charge in [-0.1, -0.05) is 0 Å². The third kappa shape index (κ3) is 2.07. The zero-order valence-electron chi connectivity index (χ0n) is 10.5. The topological polar surface area (TPSA) is 70.8 Å². The Morgan fingerprint density at radius 3 is 2.75 bits per heavy atom. The lowest BCUT2D eigenvalue weighted by Crippen LogP contribution is -2.34. The monoisotopic (exact) mass is 269 g/mol. The van der Waals surface area contributed by atoms with Crippen molar-refractivity contribution in [2.75, 3.05) is 18.0 Å². The Bertz CT molecular complexity index is 742. The molecular weight excluding hydrogens is 259 g/mol. The summed E-state index contributed by atoms with van der Waals surface area (Å²) in [6.45, 7) is 0.931. The van der Waals surface area contributed by atoms with Gasteiger partial charge in [0.25, 0.3) is 0 Å². The molecule has 1 aliphatic heterocycles. The van der Waals surface area contributed by atoms with Crippen LogP contribution in [0, 0.1) is 0 Å². The highest BCUT2D eigenvalue weighted by Crippen LogP contribution is 2.24. The molecule has 2 heterocycles. The number of nitrogens with zero attached hydrogens (tertiary/aromatic N) is 2. The van der Waals surface area contributed by atoms with Crippen LogP contribution in [-0.4, -0.2) is 37.5 Å². The first-order chi connectivity index (χ1) is 9.69. The summed E-state index contributed by atoms with van der Waals surface area (Å²) < 4.78 is 5.10. The van der Waals surface area contributed by atoms with Crippen LogP contribution in [0.3, 0.4) is 0 Å². The molecule has 6 nitrogen and oxygen atoms in total. The minimum absolute atomic E-state index is 0.269. The van der Waals surface area contributed by atoms with Crippen molar-refractivity contribution in [3.05, 3.63) is 40.8 Å². The molecule has 2 aromatic rings. The molecule has 0 spiro atoms. The van der Waals surface area contributed by atoms with Crippen molar-refractivity contribution in [3.63, 3.8) is 0 Å². The Kier molecular flexibility index (Phi) is 3.02. The van der Waals surface area contributed by atoms with Crippen molar-refractivity contribution < 1.29 is 14.0 Å². The van der Waals surface area contributed by atoms with Crippen molar-refractivity contribution in [2.24, 2.45) is 0 Å². The molecular formula is C13H10BN2O4. The van der Waals surface area contributed by atoms with Crippen molar-refractivity contribution in [1.82, 2.24) is 4.81 Å². The molecule has 1 aromatic heterocycles. The quantitative estimate of drug-likeness (QED) is 0.470. The first-order valence-electron chi connectivity index (χ1n) is 6.10. The van der Waals surface area contributed by atoms with Gasteiger partial charge in [-0.15, -0.1) is 0 Å². The Hall–Kier alpha value is -2.57. The molecule has 0 N–H and O–H groups in total. The smallest absolute Gasteiger partial charge is 0.336 e. The fourth-order valence-electron chi connectivity index (χ4n) is 2.22. The summed E-state index contributed by atoms with van der Waals surface area (Å²) in [6, 6.07) is 7.97. The molecule has 0 aliphatic carbocycles. The first kappa shape index (κ1) is 12.5. The van der Waals surface area contributed by atoms with Gasteiger partial charge in [0.2, 0.25) is 0 Å². The molecule has 0 saturated carbocycles. The van der Waals surface area contributed by atoms with E-state index in [0.717, 1.165) is 5.39 Å². The number of carbonyl (C=O) groups is 2. The number of amides is 2. The lowest BCUT2D eigenvalue weighted by molar-refractivity contribution is 0.240. The van der Waals surface area contributed by atoms with Crippen LogP contribution in [0.4, 0.5) is 10.5 Å².